The maximum Gasteiger partial charge on any atom is 0.228 e. The molecule has 5 N–H and O–H groups in total. The Labute approximate surface area is 172 Å². The predicted molar refractivity (Wildman–Crippen MR) is 106 cm³/mol. The van der Waals surface area contributed by atoms with E-state index >= 15 is 0 Å². The average Bonchev–Trinajstić information content (AvgIpc) is 2.90. The van der Waals surface area contributed by atoms with E-state index in [0.717, 1.165) is 63.0 Å². The van der Waals surface area contributed by atoms with Gasteiger partial charge in [0.2, 0.25) is 5.91 Å². The normalized spacial score (nSPS) is 12.6. The summed E-state index contributed by atoms with van der Waals surface area (Å²) < 4.78 is 6.89. The maximum atomic E-state index is 12.4. The van der Waals surface area contributed by atoms with Crippen LogP contribution >= 0.6 is 15.9 Å². The monoisotopic (exact) mass is 449 g/mol. The number of amides is 1. The number of fused-ring (bicyclic) bond motifs is 5. The highest BCUT2D eigenvalue weighted by Gasteiger charge is 2.23. The number of halogens is 2. The molecular weight excluding hydrogens is 430 g/mol. The number of aromatic amines is 1. The minimum atomic E-state index is -0.00464. The smallest absolute Gasteiger partial charge is 0.228 e. The number of hydrogen-bond acceptors (Lipinski definition) is 2. The number of nitrogens with one attached hydrogen (secondary N) is 2. The highest BCUT2D eigenvalue weighted by Crippen LogP contribution is 2.39. The molecule has 27 heavy (non-hydrogen) atoms. The van der Waals surface area contributed by atoms with Crippen LogP contribution in [0.1, 0.15) is 18.4 Å². The molecule has 0 spiro atoms. The van der Waals surface area contributed by atoms with Crippen molar-refractivity contribution >= 4 is 38.4 Å². The van der Waals surface area contributed by atoms with Crippen molar-refractivity contribution in [2.24, 2.45) is 0 Å². The Morgan fingerprint density at radius 3 is 2.81 bits per heavy atom. The molecule has 0 saturated heterocycles. The summed E-state index contributed by atoms with van der Waals surface area (Å²) in [6.45, 7) is 1.60. The van der Waals surface area contributed by atoms with Crippen molar-refractivity contribution in [3.63, 3.8) is 0 Å². The van der Waals surface area contributed by atoms with Crippen molar-refractivity contribution in [3.05, 3.63) is 46.4 Å². The number of hydrogen-bond donors (Lipinski definition) is 3. The zero-order valence-corrected chi connectivity index (χ0v) is 17.1. The second-order valence-corrected chi connectivity index (χ2v) is 7.43. The van der Waals surface area contributed by atoms with E-state index in [4.69, 9.17) is 4.74 Å². The van der Waals surface area contributed by atoms with Gasteiger partial charge in [0.05, 0.1) is 31.0 Å². The summed E-state index contributed by atoms with van der Waals surface area (Å²) in [5.74, 6) is 0.810. The molecule has 1 aliphatic heterocycles. The van der Waals surface area contributed by atoms with Crippen molar-refractivity contribution in [2.45, 2.75) is 19.3 Å². The molecule has 0 fully saturated rings. The van der Waals surface area contributed by atoms with E-state index in [1.165, 1.54) is 0 Å². The molecule has 0 atom stereocenters. The number of carbonyl (C=O) groups excluding carboxylic acids is 1. The lowest BCUT2D eigenvalue weighted by Gasteiger charge is -2.11. The van der Waals surface area contributed by atoms with Crippen molar-refractivity contribution in [2.75, 3.05) is 18.5 Å². The third kappa shape index (κ3) is 3.98. The number of ether oxygens (including phenoxy) is 1. The molecule has 0 radical (unpaired) electrons. The van der Waals surface area contributed by atoms with Gasteiger partial charge in [-0.2, -0.15) is 0 Å². The van der Waals surface area contributed by atoms with Crippen LogP contribution < -0.4 is 28.2 Å². The first-order valence-corrected chi connectivity index (χ1v) is 9.61. The molecule has 2 aromatic carbocycles. The van der Waals surface area contributed by atoms with Crippen LogP contribution in [0.2, 0.25) is 0 Å². The van der Waals surface area contributed by atoms with Gasteiger partial charge in [-0.3, -0.25) is 4.79 Å². The topological polar surface area (TPSA) is 81.8 Å². The SMILES string of the molecule is [Cl-].[NH3+]CCCCOc1ccc2c(c1)-c1[nH]c3ccc(Br)cc3c1CC(=O)N2. The number of rotatable bonds is 5. The number of quaternary nitrogens is 1. The van der Waals surface area contributed by atoms with Gasteiger partial charge in [-0.25, -0.2) is 0 Å². The third-order valence-electron chi connectivity index (χ3n) is 4.65. The highest BCUT2D eigenvalue weighted by molar-refractivity contribution is 9.10. The number of carbonyl (C=O) groups is 1. The average molecular weight is 451 g/mol. The molecule has 5 nitrogen and oxygen atoms in total. The first kappa shape index (κ1) is 19.7. The van der Waals surface area contributed by atoms with Crippen LogP contribution in [0.3, 0.4) is 0 Å². The summed E-state index contributed by atoms with van der Waals surface area (Å²) in [6.07, 6.45) is 2.39. The number of anilines is 1. The van der Waals surface area contributed by atoms with Crippen molar-refractivity contribution in [3.8, 4) is 17.0 Å². The summed E-state index contributed by atoms with van der Waals surface area (Å²) >= 11 is 3.53. The molecule has 0 bridgehead atoms. The van der Waals surface area contributed by atoms with Crippen molar-refractivity contribution < 1.29 is 27.7 Å². The largest absolute Gasteiger partial charge is 1.00 e. The minimum Gasteiger partial charge on any atom is -1.00 e. The maximum absolute atomic E-state index is 12.4. The van der Waals surface area contributed by atoms with Gasteiger partial charge in [0.1, 0.15) is 5.75 Å². The molecule has 142 valence electrons. The van der Waals surface area contributed by atoms with Gasteiger partial charge in [-0.1, -0.05) is 15.9 Å². The first-order valence-electron chi connectivity index (χ1n) is 8.82. The number of aromatic nitrogens is 1. The van der Waals surface area contributed by atoms with Crippen LogP contribution in [0.4, 0.5) is 5.69 Å². The van der Waals surface area contributed by atoms with Crippen LogP contribution in [-0.4, -0.2) is 24.0 Å². The van der Waals surface area contributed by atoms with E-state index in [9.17, 15) is 4.79 Å². The lowest BCUT2D eigenvalue weighted by atomic mass is 10.0. The van der Waals surface area contributed by atoms with Gasteiger partial charge in [-0.15, -0.1) is 0 Å². The molecule has 0 unspecified atom stereocenters. The fourth-order valence-corrected chi connectivity index (χ4v) is 3.75. The molecule has 7 heteroatoms. The molecule has 4 rings (SSSR count). The third-order valence-corrected chi connectivity index (χ3v) is 5.15. The fraction of sp³-hybridized carbons (Fsp3) is 0.250. The molecule has 1 amide bonds. The van der Waals surface area contributed by atoms with E-state index in [0.29, 0.717) is 13.0 Å². The van der Waals surface area contributed by atoms with Crippen LogP contribution in [0, 0.1) is 0 Å². The Balaban J connectivity index is 0.00000210. The Hall–Kier alpha value is -2.02. The molecule has 0 aliphatic carbocycles. The molecule has 1 aromatic heterocycles. The first-order chi connectivity index (χ1) is 12.7. The van der Waals surface area contributed by atoms with E-state index in [2.05, 4.69) is 38.0 Å². The Morgan fingerprint density at radius 1 is 1.15 bits per heavy atom. The number of unbranched alkanes of at least 4 members (excludes halogenated alkanes) is 1. The van der Waals surface area contributed by atoms with E-state index < -0.39 is 0 Å². The van der Waals surface area contributed by atoms with Gasteiger partial charge in [0, 0.05) is 20.9 Å². The lowest BCUT2D eigenvalue weighted by molar-refractivity contribution is -0.368. The quantitative estimate of drug-likeness (QED) is 0.495. The second-order valence-electron chi connectivity index (χ2n) is 6.51. The van der Waals surface area contributed by atoms with E-state index in [1.54, 1.807) is 0 Å². The van der Waals surface area contributed by atoms with Crippen molar-refractivity contribution in [1.29, 1.82) is 0 Å². The molecule has 3 aromatic rings. The van der Waals surface area contributed by atoms with Gasteiger partial charge >= 0.3 is 0 Å². The Morgan fingerprint density at radius 2 is 2.00 bits per heavy atom. The van der Waals surface area contributed by atoms with Gasteiger partial charge in [0.15, 0.2) is 0 Å². The summed E-state index contributed by atoms with van der Waals surface area (Å²) in [7, 11) is 0. The van der Waals surface area contributed by atoms with Crippen LogP contribution in [-0.2, 0) is 11.2 Å². The Bertz CT molecular complexity index is 987. The van der Waals surface area contributed by atoms with Gasteiger partial charge in [-0.05, 0) is 54.8 Å². The molecule has 2 heterocycles. The lowest BCUT2D eigenvalue weighted by Crippen LogP contribution is -3.00. The molecule has 1 aliphatic rings. The standard InChI is InChI=1S/C20H20BrN3O2.ClH/c21-12-3-5-17-14(9-12)15-11-19(25)23-18-6-4-13(26-8-2-1-7-22)10-16(18)20(15)24-17;/h3-6,9-10,24H,1-2,7-8,11,22H2,(H,23,25);1H. The van der Waals surface area contributed by atoms with E-state index in [-0.39, 0.29) is 18.3 Å². The predicted octanol–water partition coefficient (Wildman–Crippen LogP) is 0.497. The fourth-order valence-electron chi connectivity index (χ4n) is 3.39. The Kier molecular flexibility index (Phi) is 6.09. The molecule has 0 saturated carbocycles. The number of H-pyrrole nitrogens is 1. The zero-order chi connectivity index (χ0) is 18.1. The summed E-state index contributed by atoms with van der Waals surface area (Å²) in [6, 6.07) is 11.9. The van der Waals surface area contributed by atoms with Crippen LogP contribution in [0.25, 0.3) is 22.2 Å². The molecular formula is C20H21BrClN3O2. The van der Waals surface area contributed by atoms with Gasteiger partial charge < -0.3 is 33.2 Å². The number of benzene rings is 2. The van der Waals surface area contributed by atoms with Crippen molar-refractivity contribution in [1.82, 2.24) is 4.98 Å². The zero-order valence-electron chi connectivity index (χ0n) is 14.8. The second kappa shape index (κ2) is 8.33. The van der Waals surface area contributed by atoms with Crippen LogP contribution in [0.15, 0.2) is 40.9 Å². The minimum absolute atomic E-state index is 0. The van der Waals surface area contributed by atoms with E-state index in [1.807, 2.05) is 30.3 Å². The summed E-state index contributed by atoms with van der Waals surface area (Å²) in [5, 5.41) is 4.07. The highest BCUT2D eigenvalue weighted by atomic mass is 79.9. The van der Waals surface area contributed by atoms with Crippen LogP contribution in [0.5, 0.6) is 5.75 Å². The van der Waals surface area contributed by atoms with Gasteiger partial charge in [0.25, 0.3) is 0 Å². The summed E-state index contributed by atoms with van der Waals surface area (Å²) in [5.41, 5.74) is 8.66. The summed E-state index contributed by atoms with van der Waals surface area (Å²) in [4.78, 5) is 15.9.